The molecule has 0 saturated carbocycles. The van der Waals surface area contributed by atoms with Crippen molar-refractivity contribution in [3.8, 4) is 0 Å². The van der Waals surface area contributed by atoms with Crippen molar-refractivity contribution in [1.29, 1.82) is 0 Å². The Labute approximate surface area is 242 Å². The molecule has 16 heteroatoms. The van der Waals surface area contributed by atoms with E-state index in [1.165, 1.54) is 14.0 Å². The van der Waals surface area contributed by atoms with E-state index >= 15 is 0 Å². The van der Waals surface area contributed by atoms with Crippen molar-refractivity contribution in [2.75, 3.05) is 47.3 Å². The summed E-state index contributed by atoms with van der Waals surface area (Å²) < 4.78 is 37.3. The molecule has 0 radical (unpaired) electrons. The van der Waals surface area contributed by atoms with E-state index in [2.05, 4.69) is 5.32 Å². The van der Waals surface area contributed by atoms with Gasteiger partial charge in [-0.05, 0) is 6.92 Å². The summed E-state index contributed by atoms with van der Waals surface area (Å²) in [5.74, 6) is -2.17. The Balaban J connectivity index is 0.00000722. The maximum absolute atomic E-state index is 11.8. The number of hydrogen-bond donors (Lipinski definition) is 5. The van der Waals surface area contributed by atoms with Gasteiger partial charge < -0.3 is 68.8 Å². The van der Waals surface area contributed by atoms with Crippen molar-refractivity contribution in [2.24, 2.45) is 0 Å². The van der Waals surface area contributed by atoms with Crippen LogP contribution in [-0.2, 0) is 42.7 Å². The topological polar surface area (TPSA) is 215 Å². The molecular formula is C22H38NNaO14. The molecule has 216 valence electrons. The third-order valence-electron chi connectivity index (χ3n) is 6.01. The number of aliphatic carboxylic acids is 1. The molecule has 0 aromatic carbocycles. The van der Waals surface area contributed by atoms with Gasteiger partial charge in [0, 0.05) is 21.1 Å². The van der Waals surface area contributed by atoms with Crippen LogP contribution in [0.1, 0.15) is 13.8 Å². The van der Waals surface area contributed by atoms with Crippen molar-refractivity contribution in [3.05, 3.63) is 0 Å². The van der Waals surface area contributed by atoms with Gasteiger partial charge in [0.05, 0.1) is 51.1 Å². The monoisotopic (exact) mass is 563 g/mol. The van der Waals surface area contributed by atoms with Crippen LogP contribution in [0.4, 0.5) is 0 Å². The number of carbonyl (C=O) groups excluding carboxylic acids is 2. The van der Waals surface area contributed by atoms with E-state index in [4.69, 9.17) is 33.2 Å². The van der Waals surface area contributed by atoms with Crippen molar-refractivity contribution in [2.45, 2.75) is 81.1 Å². The minimum Gasteiger partial charge on any atom is -0.547 e. The molecule has 11 unspecified atom stereocenters. The number of methoxy groups -OCH3 is 2. The molecule has 0 bridgehead atoms. The average Bonchev–Trinajstić information content (AvgIpc) is 2.84. The molecule has 2 rings (SSSR count). The van der Waals surface area contributed by atoms with Crippen LogP contribution in [0.15, 0.2) is 0 Å². The zero-order chi connectivity index (χ0) is 27.7. The molecule has 0 aromatic rings. The van der Waals surface area contributed by atoms with Gasteiger partial charge in [0.25, 0.3) is 0 Å². The van der Waals surface area contributed by atoms with Gasteiger partial charge >= 0.3 is 29.6 Å². The Bertz CT molecular complexity index is 720. The van der Waals surface area contributed by atoms with E-state index in [9.17, 15) is 35.1 Å². The molecule has 11 atom stereocenters. The number of nitrogens with one attached hydrogen (secondary N) is 1. The summed E-state index contributed by atoms with van der Waals surface area (Å²) in [6, 6.07) is -0.946. The number of rotatable bonds is 14. The zero-order valence-corrected chi connectivity index (χ0v) is 24.3. The summed E-state index contributed by atoms with van der Waals surface area (Å²) in [6.07, 6.45) is -13.8. The first kappa shape index (κ1) is 35.5. The Hall–Kier alpha value is -0.500. The molecule has 15 nitrogen and oxygen atoms in total. The molecule has 38 heavy (non-hydrogen) atoms. The smallest absolute Gasteiger partial charge is 0.547 e. The Morgan fingerprint density at radius 1 is 1.00 bits per heavy atom. The van der Waals surface area contributed by atoms with Crippen LogP contribution in [0, 0.1) is 0 Å². The number of ether oxygens (including phenoxy) is 7. The summed E-state index contributed by atoms with van der Waals surface area (Å²) in [6.45, 7) is 3.21. The zero-order valence-electron chi connectivity index (χ0n) is 22.3. The fourth-order valence-electron chi connectivity index (χ4n) is 4.16. The van der Waals surface area contributed by atoms with Crippen LogP contribution in [0.3, 0.4) is 0 Å². The van der Waals surface area contributed by atoms with Crippen molar-refractivity contribution in [1.82, 2.24) is 5.32 Å². The largest absolute Gasteiger partial charge is 1.00 e. The van der Waals surface area contributed by atoms with Gasteiger partial charge in [0.1, 0.15) is 48.8 Å². The maximum atomic E-state index is 11.8. The number of hydrogen-bond acceptors (Lipinski definition) is 14. The first-order chi connectivity index (χ1) is 17.5. The standard InChI is InChI=1S/C22H39NO14.Na/c1-10-14(23-11(2)24)18(36-22-17(28)16(27)19(32-4)20(37-22)21(29)30)15(26)13(35-10)9-34-8-12(25)7-33-6-5-31-3;/h10,12-20,22,25-28H,5-9H2,1-4H3,(H,23,24)(H,29,30);/q;+1/p-1. The van der Waals surface area contributed by atoms with Crippen LogP contribution in [0.25, 0.3) is 0 Å². The van der Waals surface area contributed by atoms with Gasteiger partial charge in [-0.2, -0.15) is 0 Å². The van der Waals surface area contributed by atoms with E-state index in [-0.39, 0.29) is 49.4 Å². The number of carbonyl (C=O) groups is 2. The number of aliphatic hydroxyl groups excluding tert-OH is 4. The van der Waals surface area contributed by atoms with Gasteiger partial charge in [-0.1, -0.05) is 0 Å². The molecule has 2 saturated heterocycles. The van der Waals surface area contributed by atoms with Crippen LogP contribution in [0.5, 0.6) is 0 Å². The molecule has 2 heterocycles. The molecule has 2 aliphatic heterocycles. The minimum absolute atomic E-state index is 0. The molecular weight excluding hydrogens is 525 g/mol. The number of amides is 1. The van der Waals surface area contributed by atoms with Crippen molar-refractivity contribution >= 4 is 11.9 Å². The van der Waals surface area contributed by atoms with Crippen molar-refractivity contribution in [3.63, 3.8) is 0 Å². The minimum atomic E-state index is -1.78. The summed E-state index contributed by atoms with van der Waals surface area (Å²) in [4.78, 5) is 23.3. The van der Waals surface area contributed by atoms with E-state index in [1.54, 1.807) is 6.92 Å². The maximum Gasteiger partial charge on any atom is 1.00 e. The van der Waals surface area contributed by atoms with E-state index < -0.39 is 79.1 Å². The van der Waals surface area contributed by atoms with Crippen LogP contribution >= 0.6 is 0 Å². The van der Waals surface area contributed by atoms with Crippen LogP contribution in [-0.4, -0.2) is 147 Å². The van der Waals surface area contributed by atoms with Gasteiger partial charge in [0.15, 0.2) is 6.29 Å². The third kappa shape index (κ3) is 9.85. The second kappa shape index (κ2) is 17.3. The first-order valence-corrected chi connectivity index (χ1v) is 11.9. The van der Waals surface area contributed by atoms with E-state index in [0.29, 0.717) is 13.2 Å². The summed E-state index contributed by atoms with van der Waals surface area (Å²) in [5, 5.41) is 56.0. The van der Waals surface area contributed by atoms with Gasteiger partial charge in [-0.3, -0.25) is 4.79 Å². The quantitative estimate of drug-likeness (QED) is 0.0981. The number of carboxylic acids is 1. The van der Waals surface area contributed by atoms with Crippen molar-refractivity contribution < 1.29 is 97.8 Å². The van der Waals surface area contributed by atoms with Gasteiger partial charge in [-0.15, -0.1) is 0 Å². The van der Waals surface area contributed by atoms with Gasteiger partial charge in [-0.25, -0.2) is 0 Å². The summed E-state index contributed by atoms with van der Waals surface area (Å²) in [7, 11) is 2.65. The molecule has 0 spiro atoms. The predicted octanol–water partition coefficient (Wildman–Crippen LogP) is -7.72. The number of carboxylic acid groups (broad SMARTS) is 1. The molecule has 2 aliphatic rings. The first-order valence-electron chi connectivity index (χ1n) is 11.9. The van der Waals surface area contributed by atoms with Gasteiger partial charge in [0.2, 0.25) is 5.91 Å². The second-order valence-electron chi connectivity index (χ2n) is 8.88. The Morgan fingerprint density at radius 2 is 1.66 bits per heavy atom. The molecule has 2 fully saturated rings. The van der Waals surface area contributed by atoms with Crippen LogP contribution in [0.2, 0.25) is 0 Å². The Morgan fingerprint density at radius 3 is 2.24 bits per heavy atom. The third-order valence-corrected chi connectivity index (χ3v) is 6.01. The molecule has 0 aromatic heterocycles. The van der Waals surface area contributed by atoms with E-state index in [0.717, 1.165) is 7.11 Å². The summed E-state index contributed by atoms with van der Waals surface area (Å²) >= 11 is 0. The molecule has 5 N–H and O–H groups in total. The fourth-order valence-corrected chi connectivity index (χ4v) is 4.16. The number of aliphatic hydroxyl groups is 4. The SMILES string of the molecule is COCCOCC(O)COCC1OC(C)C(NC(C)=O)C(OC2OC(C(=O)[O-])C(OC)C(O)C2O)C1O.[Na+]. The predicted molar refractivity (Wildman–Crippen MR) is 119 cm³/mol. The fraction of sp³-hybridized carbons (Fsp3) is 0.909. The summed E-state index contributed by atoms with van der Waals surface area (Å²) in [5.41, 5.74) is 0. The van der Waals surface area contributed by atoms with E-state index in [1.807, 2.05) is 0 Å². The second-order valence-corrected chi connectivity index (χ2v) is 8.88. The average molecular weight is 564 g/mol. The van der Waals surface area contributed by atoms with Crippen LogP contribution < -0.4 is 40.0 Å². The molecule has 0 aliphatic carbocycles. The molecule has 1 amide bonds. The normalized spacial score (nSPS) is 36.2. The Kier molecular flexibility index (Phi) is 16.2.